The van der Waals surface area contributed by atoms with Gasteiger partial charge in [-0.25, -0.2) is 0 Å². The van der Waals surface area contributed by atoms with E-state index < -0.39 is 0 Å². The molecule has 1 unspecified atom stereocenters. The van der Waals surface area contributed by atoms with Gasteiger partial charge in [-0.2, -0.15) is 0 Å². The van der Waals surface area contributed by atoms with E-state index in [2.05, 4.69) is 0 Å². The third kappa shape index (κ3) is 2.70. The van der Waals surface area contributed by atoms with Gasteiger partial charge < -0.3 is 19.2 Å². The van der Waals surface area contributed by atoms with Gasteiger partial charge in [-0.3, -0.25) is 4.79 Å². The number of amides is 1. The Kier molecular flexibility index (Phi) is 4.03. The number of aliphatic hydroxyl groups excluding tert-OH is 1. The van der Waals surface area contributed by atoms with Crippen LogP contribution in [0.1, 0.15) is 10.6 Å². The maximum absolute atomic E-state index is 12.7. The van der Waals surface area contributed by atoms with Crippen LogP contribution in [0.4, 0.5) is 0 Å². The van der Waals surface area contributed by atoms with Crippen molar-refractivity contribution in [2.75, 3.05) is 26.4 Å². The number of nitrogens with zero attached hydrogens (tertiary/aromatic N) is 1. The normalized spacial score (nSPS) is 18.7. The van der Waals surface area contributed by atoms with E-state index in [-0.39, 0.29) is 18.6 Å². The summed E-state index contributed by atoms with van der Waals surface area (Å²) in [5, 5.41) is 9.39. The van der Waals surface area contributed by atoms with Gasteiger partial charge in [-0.15, -0.1) is 0 Å². The molecule has 0 bridgehead atoms. The quantitative estimate of drug-likeness (QED) is 0.934. The Hall–Kier alpha value is -2.11. The molecular formula is C16H17NO4. The molecule has 1 aromatic carbocycles. The fourth-order valence-electron chi connectivity index (χ4n) is 2.52. The largest absolute Gasteiger partial charge is 0.459 e. The molecule has 0 radical (unpaired) electrons. The number of ether oxygens (including phenoxy) is 1. The van der Waals surface area contributed by atoms with Crippen LogP contribution < -0.4 is 0 Å². The molecule has 1 saturated heterocycles. The molecule has 1 atom stereocenters. The van der Waals surface area contributed by atoms with Crippen molar-refractivity contribution in [1.29, 1.82) is 0 Å². The van der Waals surface area contributed by atoms with E-state index in [0.29, 0.717) is 25.5 Å². The summed E-state index contributed by atoms with van der Waals surface area (Å²) in [6.07, 6.45) is 1.52. The van der Waals surface area contributed by atoms with Crippen LogP contribution in [0.5, 0.6) is 0 Å². The van der Waals surface area contributed by atoms with Gasteiger partial charge in [0.2, 0.25) is 0 Å². The molecule has 1 aliphatic heterocycles. The van der Waals surface area contributed by atoms with E-state index in [1.165, 1.54) is 6.26 Å². The van der Waals surface area contributed by atoms with Crippen LogP contribution in [0.3, 0.4) is 0 Å². The van der Waals surface area contributed by atoms with E-state index in [9.17, 15) is 9.90 Å². The second kappa shape index (κ2) is 6.11. The summed E-state index contributed by atoms with van der Waals surface area (Å²) in [4.78, 5) is 14.3. The van der Waals surface area contributed by atoms with E-state index in [1.54, 1.807) is 11.0 Å². The standard InChI is InChI=1S/C16H17NO4/c18-10-13-11-20-9-7-17(13)16(19)15-14(6-8-21-15)12-4-2-1-3-5-12/h1-6,8,13,18H,7,9-11H2. The van der Waals surface area contributed by atoms with E-state index in [4.69, 9.17) is 9.15 Å². The Balaban J connectivity index is 1.90. The highest BCUT2D eigenvalue weighted by molar-refractivity contribution is 5.98. The first-order valence-corrected chi connectivity index (χ1v) is 6.93. The molecule has 0 spiro atoms. The number of furan rings is 1. The Morgan fingerprint density at radius 2 is 2.10 bits per heavy atom. The highest BCUT2D eigenvalue weighted by Crippen LogP contribution is 2.26. The van der Waals surface area contributed by atoms with Crippen LogP contribution in [-0.4, -0.2) is 48.3 Å². The minimum absolute atomic E-state index is 0.118. The highest BCUT2D eigenvalue weighted by Gasteiger charge is 2.30. The predicted molar refractivity (Wildman–Crippen MR) is 76.9 cm³/mol. The molecule has 2 aromatic rings. The molecule has 1 N–H and O–H groups in total. The summed E-state index contributed by atoms with van der Waals surface area (Å²) >= 11 is 0. The molecular weight excluding hydrogens is 270 g/mol. The monoisotopic (exact) mass is 287 g/mol. The van der Waals surface area contributed by atoms with Crippen LogP contribution in [0, 0.1) is 0 Å². The molecule has 1 aliphatic rings. The van der Waals surface area contributed by atoms with Gasteiger partial charge >= 0.3 is 0 Å². The van der Waals surface area contributed by atoms with Crippen LogP contribution in [0.15, 0.2) is 47.1 Å². The van der Waals surface area contributed by atoms with Crippen LogP contribution in [0.2, 0.25) is 0 Å². The molecule has 1 aromatic heterocycles. The van der Waals surface area contributed by atoms with Crippen molar-refractivity contribution in [3.63, 3.8) is 0 Å². The van der Waals surface area contributed by atoms with Crippen molar-refractivity contribution >= 4 is 5.91 Å². The lowest BCUT2D eigenvalue weighted by atomic mass is 10.1. The van der Waals surface area contributed by atoms with E-state index in [0.717, 1.165) is 11.1 Å². The van der Waals surface area contributed by atoms with Gasteiger partial charge in [0.1, 0.15) is 0 Å². The SMILES string of the molecule is O=C(c1occc1-c1ccccc1)N1CCOCC1CO. The molecule has 1 fully saturated rings. The number of carbonyl (C=O) groups excluding carboxylic acids is 1. The number of hydrogen-bond acceptors (Lipinski definition) is 4. The minimum Gasteiger partial charge on any atom is -0.459 e. The number of benzene rings is 1. The molecule has 110 valence electrons. The maximum atomic E-state index is 12.7. The summed E-state index contributed by atoms with van der Waals surface area (Å²) in [6, 6.07) is 11.1. The fourth-order valence-corrected chi connectivity index (χ4v) is 2.52. The molecule has 5 nitrogen and oxygen atoms in total. The van der Waals surface area contributed by atoms with Crippen molar-refractivity contribution in [1.82, 2.24) is 4.90 Å². The zero-order valence-electron chi connectivity index (χ0n) is 11.6. The fraction of sp³-hybridized carbons (Fsp3) is 0.312. The van der Waals surface area contributed by atoms with Crippen molar-refractivity contribution < 1.29 is 19.1 Å². The van der Waals surface area contributed by atoms with Gasteiger partial charge in [-0.05, 0) is 11.6 Å². The smallest absolute Gasteiger partial charge is 0.290 e. The number of aliphatic hydroxyl groups is 1. The average Bonchev–Trinajstić information content (AvgIpc) is 3.04. The Bertz CT molecular complexity index is 608. The first-order valence-electron chi connectivity index (χ1n) is 6.93. The Labute approximate surface area is 122 Å². The minimum atomic E-state index is -0.319. The van der Waals surface area contributed by atoms with Gasteiger partial charge in [0.25, 0.3) is 5.91 Å². The van der Waals surface area contributed by atoms with Gasteiger partial charge in [0.15, 0.2) is 5.76 Å². The Morgan fingerprint density at radius 3 is 2.86 bits per heavy atom. The number of hydrogen-bond donors (Lipinski definition) is 1. The number of morpholine rings is 1. The summed E-state index contributed by atoms with van der Waals surface area (Å²) in [6.45, 7) is 1.17. The predicted octanol–water partition coefficient (Wildman–Crippen LogP) is 1.78. The first kappa shape index (κ1) is 13.9. The van der Waals surface area contributed by atoms with E-state index in [1.807, 2.05) is 30.3 Å². The molecule has 1 amide bonds. The average molecular weight is 287 g/mol. The van der Waals surface area contributed by atoms with Crippen LogP contribution >= 0.6 is 0 Å². The van der Waals surface area contributed by atoms with Crippen molar-refractivity contribution in [3.8, 4) is 11.1 Å². The van der Waals surface area contributed by atoms with Crippen molar-refractivity contribution in [2.24, 2.45) is 0 Å². The van der Waals surface area contributed by atoms with Crippen molar-refractivity contribution in [2.45, 2.75) is 6.04 Å². The molecule has 5 heteroatoms. The highest BCUT2D eigenvalue weighted by atomic mass is 16.5. The molecule has 3 rings (SSSR count). The first-order chi connectivity index (χ1) is 10.3. The third-order valence-corrected chi connectivity index (χ3v) is 3.64. The maximum Gasteiger partial charge on any atom is 0.290 e. The molecule has 2 heterocycles. The summed E-state index contributed by atoms with van der Waals surface area (Å²) < 4.78 is 10.7. The summed E-state index contributed by atoms with van der Waals surface area (Å²) in [5.74, 6) is 0.0998. The topological polar surface area (TPSA) is 62.9 Å². The Morgan fingerprint density at radius 1 is 1.29 bits per heavy atom. The van der Waals surface area contributed by atoms with Crippen LogP contribution in [-0.2, 0) is 4.74 Å². The lowest BCUT2D eigenvalue weighted by Gasteiger charge is -2.34. The number of carbonyl (C=O) groups is 1. The molecule has 21 heavy (non-hydrogen) atoms. The molecule has 0 saturated carbocycles. The zero-order chi connectivity index (χ0) is 14.7. The van der Waals surface area contributed by atoms with Crippen molar-refractivity contribution in [3.05, 3.63) is 48.4 Å². The van der Waals surface area contributed by atoms with Gasteiger partial charge in [0, 0.05) is 12.1 Å². The van der Waals surface area contributed by atoms with Gasteiger partial charge in [-0.1, -0.05) is 30.3 Å². The van der Waals surface area contributed by atoms with E-state index >= 15 is 0 Å². The zero-order valence-corrected chi connectivity index (χ0v) is 11.6. The van der Waals surface area contributed by atoms with Gasteiger partial charge in [0.05, 0.1) is 32.1 Å². The third-order valence-electron chi connectivity index (χ3n) is 3.64. The second-order valence-corrected chi connectivity index (χ2v) is 4.94. The number of rotatable bonds is 3. The molecule has 0 aliphatic carbocycles. The second-order valence-electron chi connectivity index (χ2n) is 4.94. The lowest BCUT2D eigenvalue weighted by molar-refractivity contribution is -0.0196. The van der Waals surface area contributed by atoms with Crippen LogP contribution in [0.25, 0.3) is 11.1 Å². The summed E-state index contributed by atoms with van der Waals surface area (Å²) in [5.41, 5.74) is 1.70. The lowest BCUT2D eigenvalue weighted by Crippen LogP contribution is -2.50. The summed E-state index contributed by atoms with van der Waals surface area (Å²) in [7, 11) is 0.